The van der Waals surface area contributed by atoms with E-state index in [1.54, 1.807) is 36.4 Å². The van der Waals surface area contributed by atoms with Crippen LogP contribution >= 0.6 is 11.6 Å². The SMILES string of the molecule is CC(C)(C)NC(=O)c1cccc(Cn2cnc(-c3ccc(Cl)cc3NC(=O)C(C)(C)C)cc2=O)c1. The third kappa shape index (κ3) is 7.02. The second kappa shape index (κ2) is 10.0. The highest BCUT2D eigenvalue weighted by Gasteiger charge is 2.23. The van der Waals surface area contributed by atoms with Crippen molar-refractivity contribution in [3.8, 4) is 11.3 Å². The molecular weight excluding hydrogens is 464 g/mol. The van der Waals surface area contributed by atoms with Gasteiger partial charge in [-0.15, -0.1) is 0 Å². The number of benzene rings is 2. The van der Waals surface area contributed by atoms with Crippen LogP contribution in [-0.2, 0) is 11.3 Å². The topological polar surface area (TPSA) is 93.1 Å². The van der Waals surface area contributed by atoms with Gasteiger partial charge in [0.15, 0.2) is 0 Å². The standard InChI is InChI=1S/C27H31ClN4O3/c1-26(2,3)25(35)30-22-13-19(28)10-11-20(22)21-14-23(33)32(16-29-21)15-17-8-7-9-18(12-17)24(34)31-27(4,5)6/h7-14,16H,15H2,1-6H3,(H,30,35)(H,31,34). The number of rotatable bonds is 5. The van der Waals surface area contributed by atoms with Crippen LogP contribution < -0.4 is 16.2 Å². The van der Waals surface area contributed by atoms with Gasteiger partial charge in [-0.2, -0.15) is 0 Å². The zero-order valence-corrected chi connectivity index (χ0v) is 21.7. The number of nitrogens with one attached hydrogen (secondary N) is 2. The minimum absolute atomic E-state index is 0.173. The average molecular weight is 495 g/mol. The van der Waals surface area contributed by atoms with Crippen LogP contribution in [0.4, 0.5) is 5.69 Å². The van der Waals surface area contributed by atoms with Gasteiger partial charge in [0.25, 0.3) is 11.5 Å². The average Bonchev–Trinajstić information content (AvgIpc) is 2.74. The maximum atomic E-state index is 12.9. The smallest absolute Gasteiger partial charge is 0.254 e. The minimum Gasteiger partial charge on any atom is -0.347 e. The van der Waals surface area contributed by atoms with Crippen LogP contribution in [0.2, 0.25) is 5.02 Å². The Balaban J connectivity index is 1.87. The number of aromatic nitrogens is 2. The second-order valence-corrected chi connectivity index (χ2v) is 11.0. The molecule has 0 atom stereocenters. The Morgan fingerprint density at radius 3 is 2.34 bits per heavy atom. The fourth-order valence-electron chi connectivity index (χ4n) is 3.27. The van der Waals surface area contributed by atoms with Gasteiger partial charge in [0.1, 0.15) is 0 Å². The van der Waals surface area contributed by atoms with E-state index in [1.165, 1.54) is 17.0 Å². The molecule has 1 aromatic heterocycles. The first kappa shape index (κ1) is 26.2. The predicted molar refractivity (Wildman–Crippen MR) is 140 cm³/mol. The van der Waals surface area contributed by atoms with Crippen molar-refractivity contribution in [3.05, 3.63) is 81.4 Å². The summed E-state index contributed by atoms with van der Waals surface area (Å²) in [5.41, 5.74) is 1.61. The van der Waals surface area contributed by atoms with E-state index in [2.05, 4.69) is 15.6 Å². The summed E-state index contributed by atoms with van der Waals surface area (Å²) < 4.78 is 1.47. The Hall–Kier alpha value is -3.45. The molecule has 2 amide bonds. The van der Waals surface area contributed by atoms with Gasteiger partial charge in [0, 0.05) is 33.2 Å². The number of carbonyl (C=O) groups excluding carboxylic acids is 2. The first-order chi connectivity index (χ1) is 16.2. The maximum absolute atomic E-state index is 12.9. The van der Waals surface area contributed by atoms with Crippen LogP contribution in [-0.4, -0.2) is 26.9 Å². The molecule has 0 saturated carbocycles. The summed E-state index contributed by atoms with van der Waals surface area (Å²) in [7, 11) is 0. The lowest BCUT2D eigenvalue weighted by atomic mass is 9.95. The lowest BCUT2D eigenvalue weighted by molar-refractivity contribution is -0.123. The summed E-state index contributed by atoms with van der Waals surface area (Å²) in [6, 6.07) is 13.6. The molecule has 3 rings (SSSR count). The van der Waals surface area contributed by atoms with E-state index >= 15 is 0 Å². The van der Waals surface area contributed by atoms with Crippen LogP contribution in [0, 0.1) is 5.41 Å². The van der Waals surface area contributed by atoms with Crippen LogP contribution in [0.1, 0.15) is 57.5 Å². The molecule has 35 heavy (non-hydrogen) atoms. The molecule has 2 N–H and O–H groups in total. The van der Waals surface area contributed by atoms with E-state index in [0.29, 0.717) is 27.5 Å². The normalized spacial score (nSPS) is 11.7. The third-order valence-corrected chi connectivity index (χ3v) is 5.33. The van der Waals surface area contributed by atoms with E-state index in [-0.39, 0.29) is 29.5 Å². The molecule has 0 unspecified atom stereocenters. The second-order valence-electron chi connectivity index (χ2n) is 10.5. The van der Waals surface area contributed by atoms with Crippen LogP contribution in [0.3, 0.4) is 0 Å². The Morgan fingerprint density at radius 1 is 1.00 bits per heavy atom. The largest absolute Gasteiger partial charge is 0.347 e. The number of anilines is 1. The number of nitrogens with zero attached hydrogens (tertiary/aromatic N) is 2. The quantitative estimate of drug-likeness (QED) is 0.514. The highest BCUT2D eigenvalue weighted by molar-refractivity contribution is 6.31. The summed E-state index contributed by atoms with van der Waals surface area (Å²) in [6.07, 6.45) is 1.46. The van der Waals surface area contributed by atoms with Crippen molar-refractivity contribution in [1.29, 1.82) is 0 Å². The first-order valence-electron chi connectivity index (χ1n) is 11.3. The Kier molecular flexibility index (Phi) is 7.50. The van der Waals surface area contributed by atoms with Gasteiger partial charge in [0.2, 0.25) is 5.91 Å². The van der Waals surface area contributed by atoms with E-state index in [9.17, 15) is 14.4 Å². The Bertz CT molecular complexity index is 1320. The molecule has 0 aliphatic heterocycles. The molecular formula is C27H31ClN4O3. The highest BCUT2D eigenvalue weighted by Crippen LogP contribution is 2.30. The molecule has 7 nitrogen and oxygen atoms in total. The predicted octanol–water partition coefficient (Wildman–Crippen LogP) is 5.12. The number of carbonyl (C=O) groups is 2. The number of halogens is 1. The van der Waals surface area contributed by atoms with Gasteiger partial charge in [0.05, 0.1) is 24.3 Å². The zero-order valence-electron chi connectivity index (χ0n) is 20.9. The molecule has 1 heterocycles. The Morgan fingerprint density at radius 2 is 1.71 bits per heavy atom. The summed E-state index contributed by atoms with van der Waals surface area (Å²) in [5, 5.41) is 6.28. The Labute approximate surface area is 210 Å². The van der Waals surface area contributed by atoms with Crippen LogP contribution in [0.5, 0.6) is 0 Å². The lowest BCUT2D eigenvalue weighted by Gasteiger charge is -2.20. The summed E-state index contributed by atoms with van der Waals surface area (Å²) in [4.78, 5) is 42.4. The lowest BCUT2D eigenvalue weighted by Crippen LogP contribution is -2.40. The van der Waals surface area contributed by atoms with E-state index in [4.69, 9.17) is 11.6 Å². The summed E-state index contributed by atoms with van der Waals surface area (Å²) >= 11 is 6.15. The first-order valence-corrected chi connectivity index (χ1v) is 11.7. The minimum atomic E-state index is -0.602. The monoisotopic (exact) mass is 494 g/mol. The van der Waals surface area contributed by atoms with Crippen molar-refractivity contribution in [3.63, 3.8) is 0 Å². The van der Waals surface area contributed by atoms with E-state index in [1.807, 2.05) is 47.6 Å². The van der Waals surface area contributed by atoms with Gasteiger partial charge in [-0.25, -0.2) is 4.98 Å². The molecule has 0 aliphatic rings. The van der Waals surface area contributed by atoms with Gasteiger partial charge < -0.3 is 10.6 Å². The van der Waals surface area contributed by atoms with Crippen LogP contribution in [0.25, 0.3) is 11.3 Å². The molecule has 8 heteroatoms. The molecule has 0 bridgehead atoms. The van der Waals surface area contributed by atoms with Gasteiger partial charge in [-0.05, 0) is 56.7 Å². The van der Waals surface area contributed by atoms with Gasteiger partial charge in [-0.3, -0.25) is 19.0 Å². The number of hydrogen-bond acceptors (Lipinski definition) is 4. The van der Waals surface area contributed by atoms with Crippen molar-refractivity contribution in [2.45, 2.75) is 53.6 Å². The number of hydrogen-bond donors (Lipinski definition) is 2. The molecule has 0 fully saturated rings. The molecule has 0 saturated heterocycles. The van der Waals surface area contributed by atoms with Gasteiger partial charge >= 0.3 is 0 Å². The highest BCUT2D eigenvalue weighted by atomic mass is 35.5. The fourth-order valence-corrected chi connectivity index (χ4v) is 3.44. The zero-order chi connectivity index (χ0) is 26.0. The van der Waals surface area contributed by atoms with Crippen molar-refractivity contribution in [2.24, 2.45) is 5.41 Å². The molecule has 2 aromatic carbocycles. The summed E-state index contributed by atoms with van der Waals surface area (Å²) in [6.45, 7) is 11.5. The molecule has 0 spiro atoms. The van der Waals surface area contributed by atoms with Gasteiger partial charge in [-0.1, -0.05) is 44.5 Å². The van der Waals surface area contributed by atoms with Crippen molar-refractivity contribution < 1.29 is 9.59 Å². The van der Waals surface area contributed by atoms with Crippen LogP contribution in [0.15, 0.2) is 59.7 Å². The van der Waals surface area contributed by atoms with Crippen molar-refractivity contribution in [2.75, 3.05) is 5.32 Å². The van der Waals surface area contributed by atoms with E-state index < -0.39 is 5.41 Å². The number of amides is 2. The van der Waals surface area contributed by atoms with E-state index in [0.717, 1.165) is 5.56 Å². The van der Waals surface area contributed by atoms with Crippen molar-refractivity contribution >= 4 is 29.1 Å². The summed E-state index contributed by atoms with van der Waals surface area (Å²) in [5.74, 6) is -0.350. The molecule has 0 radical (unpaired) electrons. The maximum Gasteiger partial charge on any atom is 0.254 e. The van der Waals surface area contributed by atoms with Crippen molar-refractivity contribution in [1.82, 2.24) is 14.9 Å². The third-order valence-electron chi connectivity index (χ3n) is 5.10. The fraction of sp³-hybridized carbons (Fsp3) is 0.333. The molecule has 3 aromatic rings. The molecule has 0 aliphatic carbocycles. The molecule has 184 valence electrons.